The molecule has 1 atom stereocenters. The Hall–Kier alpha value is -0.610. The zero-order chi connectivity index (χ0) is 12.1. The second-order valence-electron chi connectivity index (χ2n) is 4.49. The van der Waals surface area contributed by atoms with Crippen LogP contribution >= 0.6 is 0 Å². The maximum absolute atomic E-state index is 11.3. The fourth-order valence-electron chi connectivity index (χ4n) is 1.54. The van der Waals surface area contributed by atoms with Gasteiger partial charge in [0.05, 0.1) is 7.11 Å². The second kappa shape index (κ2) is 6.08. The molecule has 1 N–H and O–H groups in total. The predicted molar refractivity (Wildman–Crippen MR) is 59.6 cm³/mol. The van der Waals surface area contributed by atoms with E-state index in [1.165, 1.54) is 14.0 Å². The summed E-state index contributed by atoms with van der Waals surface area (Å²) in [6.45, 7) is 9.70. The van der Waals surface area contributed by atoms with E-state index in [2.05, 4.69) is 18.6 Å². The van der Waals surface area contributed by atoms with Gasteiger partial charge in [-0.15, -0.1) is 0 Å². The van der Waals surface area contributed by atoms with Crippen LogP contribution in [0.4, 0.5) is 0 Å². The van der Waals surface area contributed by atoms with Crippen LogP contribution in [0.25, 0.3) is 0 Å². The van der Waals surface area contributed by atoms with E-state index in [9.17, 15) is 9.90 Å². The lowest BCUT2D eigenvalue weighted by atomic mass is 10.1. The number of aliphatic hydroxyl groups is 1. The minimum absolute atomic E-state index is 0.314. The van der Waals surface area contributed by atoms with Gasteiger partial charge < -0.3 is 9.84 Å². The fraction of sp³-hybridized carbons (Fsp3) is 0.909. The SMILES string of the molecule is CCN(CC(C)C)CC(C)(O)C(=O)OC. The average molecular weight is 217 g/mol. The number of methoxy groups -OCH3 is 1. The third kappa shape index (κ3) is 5.14. The summed E-state index contributed by atoms with van der Waals surface area (Å²) in [5.74, 6) is -0.0666. The van der Waals surface area contributed by atoms with Gasteiger partial charge in [-0.2, -0.15) is 0 Å². The summed E-state index contributed by atoms with van der Waals surface area (Å²) in [5.41, 5.74) is -1.42. The molecular weight excluding hydrogens is 194 g/mol. The Labute approximate surface area is 92.2 Å². The molecule has 0 saturated heterocycles. The zero-order valence-electron chi connectivity index (χ0n) is 10.4. The lowest BCUT2D eigenvalue weighted by Gasteiger charge is -2.29. The van der Waals surface area contributed by atoms with Crippen molar-refractivity contribution >= 4 is 5.97 Å². The van der Waals surface area contributed by atoms with Crippen LogP contribution in [0.15, 0.2) is 0 Å². The van der Waals surface area contributed by atoms with Gasteiger partial charge in [0.1, 0.15) is 0 Å². The molecule has 90 valence electrons. The fourth-order valence-corrected chi connectivity index (χ4v) is 1.54. The quantitative estimate of drug-likeness (QED) is 0.671. The van der Waals surface area contributed by atoms with Crippen molar-refractivity contribution in [2.75, 3.05) is 26.7 Å². The van der Waals surface area contributed by atoms with Crippen molar-refractivity contribution in [3.05, 3.63) is 0 Å². The largest absolute Gasteiger partial charge is 0.467 e. The third-order valence-corrected chi connectivity index (χ3v) is 2.23. The van der Waals surface area contributed by atoms with E-state index in [0.717, 1.165) is 13.1 Å². The smallest absolute Gasteiger partial charge is 0.338 e. The molecule has 0 bridgehead atoms. The molecule has 0 aromatic rings. The van der Waals surface area contributed by atoms with Crippen molar-refractivity contribution in [1.29, 1.82) is 0 Å². The van der Waals surface area contributed by atoms with Gasteiger partial charge in [0.25, 0.3) is 0 Å². The number of esters is 1. The standard InChI is InChI=1S/C11H23NO3/c1-6-12(7-9(2)3)8-11(4,14)10(13)15-5/h9,14H,6-8H2,1-5H3. The molecule has 0 saturated carbocycles. The minimum Gasteiger partial charge on any atom is -0.467 e. The van der Waals surface area contributed by atoms with Gasteiger partial charge in [0, 0.05) is 13.1 Å². The Kier molecular flexibility index (Phi) is 5.83. The molecule has 0 fully saturated rings. The van der Waals surface area contributed by atoms with E-state index in [-0.39, 0.29) is 0 Å². The second-order valence-corrected chi connectivity index (χ2v) is 4.49. The molecule has 0 aliphatic rings. The predicted octanol–water partition coefficient (Wildman–Crippen LogP) is 0.888. The molecule has 4 nitrogen and oxygen atoms in total. The number of likely N-dealkylation sites (N-methyl/N-ethyl adjacent to an activating group) is 1. The molecule has 0 aliphatic heterocycles. The van der Waals surface area contributed by atoms with Crippen molar-refractivity contribution in [3.63, 3.8) is 0 Å². The molecule has 0 aromatic heterocycles. The van der Waals surface area contributed by atoms with E-state index in [0.29, 0.717) is 12.5 Å². The van der Waals surface area contributed by atoms with Gasteiger partial charge in [0.2, 0.25) is 0 Å². The molecule has 0 rings (SSSR count). The molecular formula is C11H23NO3. The van der Waals surface area contributed by atoms with E-state index in [1.54, 1.807) is 0 Å². The number of carbonyl (C=O) groups excluding carboxylic acids is 1. The van der Waals surface area contributed by atoms with Crippen LogP contribution in [0.1, 0.15) is 27.7 Å². The van der Waals surface area contributed by atoms with Crippen molar-refractivity contribution < 1.29 is 14.6 Å². The first kappa shape index (κ1) is 14.4. The van der Waals surface area contributed by atoms with Gasteiger partial charge >= 0.3 is 5.97 Å². The Morgan fingerprint density at radius 2 is 2.07 bits per heavy atom. The first-order valence-electron chi connectivity index (χ1n) is 5.36. The van der Waals surface area contributed by atoms with Gasteiger partial charge in [-0.25, -0.2) is 4.79 Å². The van der Waals surface area contributed by atoms with Crippen LogP contribution < -0.4 is 0 Å². The summed E-state index contributed by atoms with van der Waals surface area (Å²) in [6, 6.07) is 0. The summed E-state index contributed by atoms with van der Waals surface area (Å²) in [7, 11) is 1.29. The molecule has 1 unspecified atom stereocenters. The van der Waals surface area contributed by atoms with Crippen LogP contribution in [-0.4, -0.2) is 48.3 Å². The number of nitrogens with zero attached hydrogens (tertiary/aromatic N) is 1. The van der Waals surface area contributed by atoms with E-state index < -0.39 is 11.6 Å². The van der Waals surface area contributed by atoms with Gasteiger partial charge in [-0.1, -0.05) is 20.8 Å². The van der Waals surface area contributed by atoms with Gasteiger partial charge in [-0.05, 0) is 19.4 Å². The minimum atomic E-state index is -1.42. The highest BCUT2D eigenvalue weighted by atomic mass is 16.5. The molecule has 0 spiro atoms. The Morgan fingerprint density at radius 3 is 2.40 bits per heavy atom. The maximum atomic E-state index is 11.3. The average Bonchev–Trinajstić information content (AvgIpc) is 2.14. The summed E-state index contributed by atoms with van der Waals surface area (Å²) < 4.78 is 4.55. The number of rotatable bonds is 6. The molecule has 4 heteroatoms. The van der Waals surface area contributed by atoms with Gasteiger partial charge in [-0.3, -0.25) is 4.90 Å². The number of hydrogen-bond donors (Lipinski definition) is 1. The van der Waals surface area contributed by atoms with Crippen LogP contribution in [0.5, 0.6) is 0 Å². The number of hydrogen-bond acceptors (Lipinski definition) is 4. The Balaban J connectivity index is 4.33. The first-order chi connectivity index (χ1) is 6.83. The van der Waals surface area contributed by atoms with Crippen molar-refractivity contribution in [2.24, 2.45) is 5.92 Å². The summed E-state index contributed by atoms with van der Waals surface area (Å²) in [4.78, 5) is 13.3. The van der Waals surface area contributed by atoms with Crippen LogP contribution in [0.2, 0.25) is 0 Å². The summed E-state index contributed by atoms with van der Waals surface area (Å²) in [5, 5.41) is 9.88. The lowest BCUT2D eigenvalue weighted by Crippen LogP contribution is -2.48. The maximum Gasteiger partial charge on any atom is 0.338 e. The number of ether oxygens (including phenoxy) is 1. The Bertz CT molecular complexity index is 202. The monoisotopic (exact) mass is 217 g/mol. The van der Waals surface area contributed by atoms with Crippen molar-refractivity contribution in [1.82, 2.24) is 4.90 Å². The van der Waals surface area contributed by atoms with Crippen LogP contribution in [-0.2, 0) is 9.53 Å². The van der Waals surface area contributed by atoms with Crippen molar-refractivity contribution in [2.45, 2.75) is 33.3 Å². The van der Waals surface area contributed by atoms with Crippen molar-refractivity contribution in [3.8, 4) is 0 Å². The van der Waals surface area contributed by atoms with Gasteiger partial charge in [0.15, 0.2) is 5.60 Å². The lowest BCUT2D eigenvalue weighted by molar-refractivity contribution is -0.162. The molecule has 0 radical (unpaired) electrons. The highest BCUT2D eigenvalue weighted by molar-refractivity contribution is 5.78. The van der Waals surface area contributed by atoms with Crippen LogP contribution in [0.3, 0.4) is 0 Å². The molecule has 0 heterocycles. The normalized spacial score (nSPS) is 15.5. The molecule has 0 aromatic carbocycles. The molecule has 15 heavy (non-hydrogen) atoms. The molecule has 0 amide bonds. The van der Waals surface area contributed by atoms with Crippen LogP contribution in [0, 0.1) is 5.92 Å². The van der Waals surface area contributed by atoms with E-state index in [4.69, 9.17) is 0 Å². The summed E-state index contributed by atoms with van der Waals surface area (Å²) in [6.07, 6.45) is 0. The zero-order valence-corrected chi connectivity index (χ0v) is 10.4. The van der Waals surface area contributed by atoms with E-state index >= 15 is 0 Å². The summed E-state index contributed by atoms with van der Waals surface area (Å²) >= 11 is 0. The highest BCUT2D eigenvalue weighted by Crippen LogP contribution is 2.10. The Morgan fingerprint density at radius 1 is 1.53 bits per heavy atom. The van der Waals surface area contributed by atoms with E-state index in [1.807, 2.05) is 11.8 Å². The highest BCUT2D eigenvalue weighted by Gasteiger charge is 2.33. The first-order valence-corrected chi connectivity index (χ1v) is 5.36. The third-order valence-electron chi connectivity index (χ3n) is 2.23. The topological polar surface area (TPSA) is 49.8 Å². The number of carbonyl (C=O) groups is 1. The molecule has 0 aliphatic carbocycles.